The summed E-state index contributed by atoms with van der Waals surface area (Å²) in [6.45, 7) is 1.43. The predicted octanol–water partition coefficient (Wildman–Crippen LogP) is 3.27. The van der Waals surface area contributed by atoms with E-state index in [1.807, 2.05) is 18.2 Å². The number of benzene rings is 1. The fraction of sp³-hybridized carbons (Fsp3) is 0.667. The van der Waals surface area contributed by atoms with E-state index in [-0.39, 0.29) is 23.9 Å². The lowest BCUT2D eigenvalue weighted by Crippen LogP contribution is -2.47. The van der Waals surface area contributed by atoms with Crippen LogP contribution in [0.15, 0.2) is 18.2 Å². The first-order valence-corrected chi connectivity index (χ1v) is 11.4. The summed E-state index contributed by atoms with van der Waals surface area (Å²) in [6.07, 6.45) is 8.78. The van der Waals surface area contributed by atoms with Crippen molar-refractivity contribution in [1.82, 2.24) is 5.32 Å². The molecule has 0 saturated heterocycles. The lowest BCUT2D eigenvalue weighted by Gasteiger charge is -2.56. The molecule has 1 heterocycles. The molecule has 0 atom stereocenters. The van der Waals surface area contributed by atoms with Crippen LogP contribution in [0.1, 0.15) is 50.5 Å². The van der Waals surface area contributed by atoms with Crippen LogP contribution in [0.5, 0.6) is 11.5 Å². The van der Waals surface area contributed by atoms with Crippen LogP contribution in [0.4, 0.5) is 0 Å². The molecular formula is C24H31NO5. The molecule has 0 unspecified atom stereocenters. The fourth-order valence-electron chi connectivity index (χ4n) is 6.65. The maximum Gasteiger partial charge on any atom is 0.306 e. The minimum Gasteiger partial charge on any atom is -0.486 e. The van der Waals surface area contributed by atoms with Crippen LogP contribution in [-0.4, -0.2) is 38.2 Å². The van der Waals surface area contributed by atoms with Crippen molar-refractivity contribution in [2.45, 2.75) is 51.4 Å². The molecule has 1 aliphatic heterocycles. The molecular weight excluding hydrogens is 382 g/mol. The molecule has 6 nitrogen and oxygen atoms in total. The molecule has 6 rings (SSSR count). The first kappa shape index (κ1) is 19.7. The van der Waals surface area contributed by atoms with Gasteiger partial charge in [-0.15, -0.1) is 0 Å². The van der Waals surface area contributed by atoms with Gasteiger partial charge < -0.3 is 19.5 Å². The van der Waals surface area contributed by atoms with E-state index in [1.54, 1.807) is 0 Å². The number of fused-ring (bicyclic) bond motifs is 1. The van der Waals surface area contributed by atoms with E-state index in [4.69, 9.17) is 14.2 Å². The molecule has 0 radical (unpaired) electrons. The van der Waals surface area contributed by atoms with Gasteiger partial charge in [0, 0.05) is 6.54 Å². The molecule has 1 aromatic rings. The molecule has 162 valence electrons. The third kappa shape index (κ3) is 4.28. The van der Waals surface area contributed by atoms with E-state index in [9.17, 15) is 9.59 Å². The number of carbonyl (C=O) groups is 2. The SMILES string of the molecule is O=C(COC(=O)CC12CC3CC(CC(C3)C1)C2)NCCc1ccc2c(c1)OCCO2. The Morgan fingerprint density at radius 2 is 1.67 bits per heavy atom. The van der Waals surface area contributed by atoms with Crippen molar-refractivity contribution in [2.75, 3.05) is 26.4 Å². The van der Waals surface area contributed by atoms with Gasteiger partial charge in [-0.25, -0.2) is 0 Å². The van der Waals surface area contributed by atoms with E-state index in [0.717, 1.165) is 34.8 Å². The van der Waals surface area contributed by atoms with Gasteiger partial charge in [0.15, 0.2) is 18.1 Å². The number of esters is 1. The molecule has 1 amide bonds. The molecule has 0 aromatic heterocycles. The van der Waals surface area contributed by atoms with Gasteiger partial charge in [-0.05, 0) is 85.8 Å². The van der Waals surface area contributed by atoms with Crippen LogP contribution in [0, 0.1) is 23.2 Å². The van der Waals surface area contributed by atoms with E-state index < -0.39 is 0 Å². The Hall–Kier alpha value is -2.24. The molecule has 30 heavy (non-hydrogen) atoms. The smallest absolute Gasteiger partial charge is 0.306 e. The van der Waals surface area contributed by atoms with Crippen LogP contribution in [0.25, 0.3) is 0 Å². The van der Waals surface area contributed by atoms with Crippen molar-refractivity contribution in [3.8, 4) is 11.5 Å². The third-order valence-electron chi connectivity index (χ3n) is 7.39. The molecule has 1 N–H and O–H groups in total. The minimum absolute atomic E-state index is 0.153. The summed E-state index contributed by atoms with van der Waals surface area (Å²) in [4.78, 5) is 24.5. The number of rotatable bonds is 7. The number of hydrogen-bond acceptors (Lipinski definition) is 5. The number of hydrogen-bond donors (Lipinski definition) is 1. The van der Waals surface area contributed by atoms with Crippen molar-refractivity contribution in [1.29, 1.82) is 0 Å². The van der Waals surface area contributed by atoms with Gasteiger partial charge in [0.2, 0.25) is 0 Å². The zero-order valence-electron chi connectivity index (χ0n) is 17.5. The summed E-state index contributed by atoms with van der Waals surface area (Å²) >= 11 is 0. The lowest BCUT2D eigenvalue weighted by atomic mass is 9.49. The largest absolute Gasteiger partial charge is 0.486 e. The fourth-order valence-corrected chi connectivity index (χ4v) is 6.65. The molecule has 4 aliphatic carbocycles. The van der Waals surface area contributed by atoms with Crippen molar-refractivity contribution >= 4 is 11.9 Å². The molecule has 0 spiro atoms. The first-order chi connectivity index (χ1) is 14.6. The van der Waals surface area contributed by atoms with Gasteiger partial charge in [0.1, 0.15) is 13.2 Å². The van der Waals surface area contributed by atoms with E-state index in [1.165, 1.54) is 38.5 Å². The van der Waals surface area contributed by atoms with E-state index in [0.29, 0.717) is 32.6 Å². The van der Waals surface area contributed by atoms with Gasteiger partial charge in [-0.1, -0.05) is 6.07 Å². The van der Waals surface area contributed by atoms with Crippen LogP contribution >= 0.6 is 0 Å². The monoisotopic (exact) mass is 413 g/mol. The normalized spacial score (nSPS) is 30.7. The van der Waals surface area contributed by atoms with Crippen molar-refractivity contribution in [3.63, 3.8) is 0 Å². The van der Waals surface area contributed by atoms with Crippen molar-refractivity contribution in [3.05, 3.63) is 23.8 Å². The number of carbonyl (C=O) groups excluding carboxylic acids is 2. The highest BCUT2D eigenvalue weighted by Crippen LogP contribution is 2.61. The molecule has 4 bridgehead atoms. The number of amides is 1. The molecule has 6 heteroatoms. The highest BCUT2D eigenvalue weighted by Gasteiger charge is 2.51. The van der Waals surface area contributed by atoms with E-state index >= 15 is 0 Å². The molecule has 5 aliphatic rings. The Balaban J connectivity index is 1.03. The topological polar surface area (TPSA) is 73.9 Å². The maximum absolute atomic E-state index is 12.4. The second kappa shape index (κ2) is 8.12. The lowest BCUT2D eigenvalue weighted by molar-refractivity contribution is -0.155. The van der Waals surface area contributed by atoms with Crippen LogP contribution < -0.4 is 14.8 Å². The predicted molar refractivity (Wildman–Crippen MR) is 110 cm³/mol. The third-order valence-corrected chi connectivity index (χ3v) is 7.39. The van der Waals surface area contributed by atoms with Crippen LogP contribution in [-0.2, 0) is 20.7 Å². The molecule has 4 fully saturated rings. The Bertz CT molecular complexity index is 785. The van der Waals surface area contributed by atoms with E-state index in [2.05, 4.69) is 5.32 Å². The Morgan fingerprint density at radius 1 is 1.00 bits per heavy atom. The van der Waals surface area contributed by atoms with Gasteiger partial charge in [0.25, 0.3) is 5.91 Å². The summed E-state index contributed by atoms with van der Waals surface area (Å²) in [7, 11) is 0. The molecule has 4 saturated carbocycles. The Labute approximate surface area is 177 Å². The Kier molecular flexibility index (Phi) is 5.34. The summed E-state index contributed by atoms with van der Waals surface area (Å²) < 4.78 is 16.4. The average molecular weight is 414 g/mol. The van der Waals surface area contributed by atoms with Gasteiger partial charge >= 0.3 is 5.97 Å². The number of ether oxygens (including phenoxy) is 3. The van der Waals surface area contributed by atoms with Crippen molar-refractivity contribution < 1.29 is 23.8 Å². The van der Waals surface area contributed by atoms with Gasteiger partial charge in [0.05, 0.1) is 6.42 Å². The minimum atomic E-state index is -0.244. The van der Waals surface area contributed by atoms with Crippen molar-refractivity contribution in [2.24, 2.45) is 23.2 Å². The zero-order chi connectivity index (χ0) is 20.6. The Morgan fingerprint density at radius 3 is 2.37 bits per heavy atom. The average Bonchev–Trinajstić information content (AvgIpc) is 2.71. The second-order valence-corrected chi connectivity index (χ2v) is 9.83. The maximum atomic E-state index is 12.4. The summed E-state index contributed by atoms with van der Waals surface area (Å²) in [6, 6.07) is 5.83. The quantitative estimate of drug-likeness (QED) is 0.695. The summed E-state index contributed by atoms with van der Waals surface area (Å²) in [5.74, 6) is 3.50. The van der Waals surface area contributed by atoms with Gasteiger partial charge in [-0.3, -0.25) is 9.59 Å². The highest BCUT2D eigenvalue weighted by molar-refractivity contribution is 5.80. The standard InChI is InChI=1S/C24H31NO5/c26-22(25-4-3-16-1-2-20-21(10-16)29-6-5-28-20)15-30-23(27)14-24-11-17-7-18(12-24)9-19(8-17)13-24/h1-2,10,17-19H,3-9,11-15H2,(H,25,26). The van der Waals surface area contributed by atoms with Gasteiger partial charge in [-0.2, -0.15) is 0 Å². The summed E-state index contributed by atoms with van der Waals surface area (Å²) in [5.41, 5.74) is 1.22. The molecule has 1 aromatic carbocycles. The summed E-state index contributed by atoms with van der Waals surface area (Å²) in [5, 5.41) is 2.84. The number of nitrogens with one attached hydrogen (secondary N) is 1. The van der Waals surface area contributed by atoms with Crippen LogP contribution in [0.2, 0.25) is 0 Å². The first-order valence-electron chi connectivity index (χ1n) is 11.4. The second-order valence-electron chi connectivity index (χ2n) is 9.83. The highest BCUT2D eigenvalue weighted by atomic mass is 16.6. The van der Waals surface area contributed by atoms with Crippen LogP contribution in [0.3, 0.4) is 0 Å². The zero-order valence-corrected chi connectivity index (χ0v) is 17.5.